The van der Waals surface area contributed by atoms with Crippen molar-refractivity contribution in [3.63, 3.8) is 0 Å². The first-order valence-electron chi connectivity index (χ1n) is 50.2. The molecule has 0 spiro atoms. The van der Waals surface area contributed by atoms with Crippen molar-refractivity contribution < 1.29 is 0 Å². The second kappa shape index (κ2) is 33.5. The number of anilines is 6. The van der Waals surface area contributed by atoms with Gasteiger partial charge < -0.3 is 18.9 Å². The average molecular weight is 1770 g/mol. The maximum absolute atomic E-state index is 2.87. The maximum atomic E-state index is 2.87. The van der Waals surface area contributed by atoms with Crippen LogP contribution in [0.5, 0.6) is 0 Å². The fourth-order valence-electron chi connectivity index (χ4n) is 22.0. The first-order valence-corrected chi connectivity index (χ1v) is 50.2. The monoisotopic (exact) mass is 1770 g/mol. The Kier molecular flexibility index (Phi) is 23.7. The molecule has 4 heterocycles. The number of nitrogens with zero attached hydrogens (tertiary/aromatic N) is 4. The molecule has 15 aromatic rings. The number of rotatable bonds is 15. The van der Waals surface area contributed by atoms with Crippen LogP contribution in [0.1, 0.15) is 290 Å². The number of benzene rings is 13. The van der Waals surface area contributed by atoms with Gasteiger partial charge >= 0.3 is 0 Å². The SMILES string of the molecule is CC(C)(C)Cc1cccc(-c2cc(CC(C)(C)C)cc(-c3cccc(CC(C)(C)C)c3)c2N2c3cc(-n4c5ccc(C(C)(C)C)cc5c5cc(C(C)(C)C)ccc54)ccc3B3c4ccc(-n5c6ccc(C(C)(C)C)cc6c6cc(C(C)(C)C)ccc65)cc4N(c4c(-c5cccc(CC(C)(C)C)c5)cc(CC(C)(C)C)cc4-c4cccc(CC(C)(C)C)c4)c4cc(CC(C)(C)C)cc2c43)c1. The molecular formula is C129H153BN4. The van der Waals surface area contributed by atoms with Crippen LogP contribution in [-0.2, 0) is 66.6 Å². The zero-order chi connectivity index (χ0) is 96.6. The fourth-order valence-corrected chi connectivity index (χ4v) is 22.0. The summed E-state index contributed by atoms with van der Waals surface area (Å²) in [7, 11) is 0. The van der Waals surface area contributed by atoms with Gasteiger partial charge in [-0.05, 0) is 314 Å². The van der Waals surface area contributed by atoms with E-state index >= 15 is 0 Å². The van der Waals surface area contributed by atoms with E-state index in [1.54, 1.807) is 0 Å². The molecule has 0 unspecified atom stereocenters. The van der Waals surface area contributed by atoms with E-state index in [1.807, 2.05) is 0 Å². The van der Waals surface area contributed by atoms with Crippen molar-refractivity contribution in [3.8, 4) is 55.9 Å². The highest BCUT2D eigenvalue weighted by atomic mass is 15.2. The van der Waals surface area contributed by atoms with Gasteiger partial charge in [0.05, 0.1) is 33.4 Å². The Hall–Kier alpha value is -10.9. The molecular weight excluding hydrogens is 1620 g/mol. The molecule has 13 aromatic carbocycles. The van der Waals surface area contributed by atoms with Crippen LogP contribution in [0.15, 0.2) is 243 Å². The van der Waals surface area contributed by atoms with Crippen molar-refractivity contribution in [1.29, 1.82) is 0 Å². The Morgan fingerprint density at radius 3 is 0.672 bits per heavy atom. The number of aromatic nitrogens is 2. The summed E-state index contributed by atoms with van der Waals surface area (Å²) < 4.78 is 5.25. The molecule has 692 valence electrons. The minimum atomic E-state index is -0.289. The number of hydrogen-bond donors (Lipinski definition) is 0. The summed E-state index contributed by atoms with van der Waals surface area (Å²) in [5, 5.41) is 5.10. The molecule has 0 fully saturated rings. The van der Waals surface area contributed by atoms with Crippen molar-refractivity contribution >= 4 is 101 Å². The molecule has 0 radical (unpaired) electrons. The van der Waals surface area contributed by atoms with Gasteiger partial charge in [-0.15, -0.1) is 0 Å². The van der Waals surface area contributed by atoms with Crippen LogP contribution < -0.4 is 26.2 Å². The first-order chi connectivity index (χ1) is 62.2. The van der Waals surface area contributed by atoms with Crippen molar-refractivity contribution in [3.05, 3.63) is 304 Å². The molecule has 134 heavy (non-hydrogen) atoms. The molecule has 0 saturated heterocycles. The van der Waals surface area contributed by atoms with Crippen LogP contribution in [0.4, 0.5) is 34.1 Å². The van der Waals surface area contributed by atoms with Gasteiger partial charge in [0, 0.05) is 77.9 Å². The predicted molar refractivity (Wildman–Crippen MR) is 588 cm³/mol. The Labute approximate surface area is 807 Å². The lowest BCUT2D eigenvalue weighted by Crippen LogP contribution is -2.61. The normalized spacial score (nSPS) is 13.9. The highest BCUT2D eigenvalue weighted by Gasteiger charge is 2.47. The molecule has 4 nitrogen and oxygen atoms in total. The van der Waals surface area contributed by atoms with Gasteiger partial charge in [0.25, 0.3) is 6.71 Å². The second-order valence-corrected chi connectivity index (χ2v) is 53.3. The van der Waals surface area contributed by atoms with Gasteiger partial charge in [0.15, 0.2) is 0 Å². The summed E-state index contributed by atoms with van der Waals surface area (Å²) in [6.07, 6.45) is 6.30. The minimum Gasteiger partial charge on any atom is -0.310 e. The zero-order valence-electron chi connectivity index (χ0n) is 87.9. The van der Waals surface area contributed by atoms with Crippen LogP contribution in [0.25, 0.3) is 99.5 Å². The highest BCUT2D eigenvalue weighted by molar-refractivity contribution is 7.00. The third-order valence-electron chi connectivity index (χ3n) is 27.5. The summed E-state index contributed by atoms with van der Waals surface area (Å²) in [5.74, 6) is 0. The zero-order valence-corrected chi connectivity index (χ0v) is 87.9. The number of fused-ring (bicyclic) bond motifs is 10. The molecule has 0 N–H and O–H groups in total. The van der Waals surface area contributed by atoms with Crippen LogP contribution >= 0.6 is 0 Å². The van der Waals surface area contributed by atoms with Crippen LogP contribution in [-0.4, -0.2) is 15.8 Å². The van der Waals surface area contributed by atoms with Crippen molar-refractivity contribution in [2.75, 3.05) is 9.80 Å². The molecule has 5 heteroatoms. The minimum absolute atomic E-state index is 0.0309. The lowest BCUT2D eigenvalue weighted by molar-refractivity contribution is 0.410. The van der Waals surface area contributed by atoms with E-state index in [-0.39, 0.29) is 66.3 Å². The summed E-state index contributed by atoms with van der Waals surface area (Å²) in [5.41, 5.74) is 41.9. The molecule has 2 aliphatic rings. The van der Waals surface area contributed by atoms with E-state index in [9.17, 15) is 0 Å². The smallest absolute Gasteiger partial charge is 0.252 e. The van der Waals surface area contributed by atoms with Gasteiger partial charge in [-0.1, -0.05) is 362 Å². The maximum Gasteiger partial charge on any atom is 0.252 e. The van der Waals surface area contributed by atoms with Crippen LogP contribution in [0, 0.1) is 37.9 Å². The van der Waals surface area contributed by atoms with Crippen molar-refractivity contribution in [2.45, 2.75) is 295 Å². The van der Waals surface area contributed by atoms with Gasteiger partial charge in [-0.25, -0.2) is 0 Å². The van der Waals surface area contributed by atoms with E-state index in [2.05, 4.69) is 490 Å². The average Bonchev–Trinajstić information content (AvgIpc) is 1.22. The first kappa shape index (κ1) is 94.9. The fraction of sp³-hybridized carbons (Fsp3) is 0.395. The molecule has 0 aliphatic carbocycles. The van der Waals surface area contributed by atoms with Gasteiger partial charge in [-0.3, -0.25) is 0 Å². The standard InChI is InChI=1S/C129H153BN4/c1-119(2,3)74-81-38-34-42-88(58-81)98-62-85(78-123(13,14)15)63-99(89-43-35-39-82(59-89)75-120(4,5)6)117(98)133-112-72-96(131-108-54-46-92(126(22,23)24)68-102(108)103-69-93(127(25,26)27)47-55-109(103)131)50-52-106(112)130-107-53-51-97(132-110-56-48-94(128(28,29)30)70-104(110)105-71-95(129(31,32)33)49-57-111(105)132)73-113(107)134(115-67-87(80-125(19,20)21)66-114(133)116(115)130)118-100(90-44-36-40-83(60-90)76-121(7,8)9)64-86(79-124(16,17)18)65-101(118)91-45-37-41-84(61-91)77-122(10,11)12/h34-73H,74-80H2,1-33H3. The van der Waals surface area contributed by atoms with Gasteiger partial charge in [0.2, 0.25) is 0 Å². The van der Waals surface area contributed by atoms with Crippen molar-refractivity contribution in [2.24, 2.45) is 37.9 Å². The number of hydrogen-bond acceptors (Lipinski definition) is 2. The quantitative estimate of drug-likeness (QED) is 0.0951. The molecule has 0 saturated carbocycles. The van der Waals surface area contributed by atoms with Gasteiger partial charge in [0.1, 0.15) is 0 Å². The predicted octanol–water partition coefficient (Wildman–Crippen LogP) is 34.9. The Balaban J connectivity index is 1.11. The van der Waals surface area contributed by atoms with Gasteiger partial charge in [-0.2, -0.15) is 0 Å². The molecule has 2 aromatic heterocycles. The van der Waals surface area contributed by atoms with E-state index in [1.165, 1.54) is 200 Å². The topological polar surface area (TPSA) is 16.3 Å². The van der Waals surface area contributed by atoms with Crippen molar-refractivity contribution in [1.82, 2.24) is 9.13 Å². The largest absolute Gasteiger partial charge is 0.310 e. The lowest BCUT2D eigenvalue weighted by Gasteiger charge is -2.46. The summed E-state index contributed by atoms with van der Waals surface area (Å²) in [6, 6.07) is 99.9. The molecule has 0 amide bonds. The Bertz CT molecular complexity index is 6380. The lowest BCUT2D eigenvalue weighted by atomic mass is 9.33. The van der Waals surface area contributed by atoms with E-state index in [0.717, 1.165) is 56.3 Å². The molecule has 2 aliphatic heterocycles. The Morgan fingerprint density at radius 2 is 0.440 bits per heavy atom. The van der Waals surface area contributed by atoms with Crippen LogP contribution in [0.3, 0.4) is 0 Å². The third kappa shape index (κ3) is 19.7. The van der Waals surface area contributed by atoms with E-state index in [4.69, 9.17) is 0 Å². The summed E-state index contributed by atoms with van der Waals surface area (Å²) >= 11 is 0. The second-order valence-electron chi connectivity index (χ2n) is 53.3. The summed E-state index contributed by atoms with van der Waals surface area (Å²) in [6.45, 7) is 78.7. The third-order valence-corrected chi connectivity index (χ3v) is 27.5. The van der Waals surface area contributed by atoms with E-state index < -0.39 is 0 Å². The molecule has 17 rings (SSSR count). The summed E-state index contributed by atoms with van der Waals surface area (Å²) in [4.78, 5) is 5.74. The van der Waals surface area contributed by atoms with E-state index in [0.29, 0.717) is 0 Å². The molecule has 0 bridgehead atoms. The molecule has 0 atom stereocenters. The highest BCUT2D eigenvalue weighted by Crippen LogP contribution is 2.57. The Morgan fingerprint density at radius 1 is 0.209 bits per heavy atom. The van der Waals surface area contributed by atoms with Crippen LogP contribution in [0.2, 0.25) is 0 Å².